The number of rotatable bonds is 7. The van der Waals surface area contributed by atoms with Crippen LogP contribution in [0.4, 0.5) is 10.1 Å². The smallest absolute Gasteiger partial charge is 0.143 e. The molecule has 114 valence electrons. The van der Waals surface area contributed by atoms with Crippen LogP contribution in [-0.4, -0.2) is 49.4 Å². The minimum absolute atomic E-state index is 0.304. The van der Waals surface area contributed by atoms with Gasteiger partial charge in [0.25, 0.3) is 0 Å². The standard InChI is InChI=1S/C15H21FN4O/c1-17-14-8-13(16)12(11-9-18-19-10-11)7-15(14)21-6-4-5-20(2)3/h7-10,17H,4-6H2,1-3H3,(H,18,19). The lowest BCUT2D eigenvalue weighted by Gasteiger charge is -2.14. The first-order valence-corrected chi connectivity index (χ1v) is 6.89. The van der Waals surface area contributed by atoms with Gasteiger partial charge in [0.2, 0.25) is 0 Å². The molecular formula is C15H21FN4O. The largest absolute Gasteiger partial charge is 0.491 e. The first kappa shape index (κ1) is 15.3. The highest BCUT2D eigenvalue weighted by molar-refractivity contribution is 5.70. The molecule has 6 heteroatoms. The first-order chi connectivity index (χ1) is 10.1. The van der Waals surface area contributed by atoms with Gasteiger partial charge in [-0.25, -0.2) is 4.39 Å². The summed E-state index contributed by atoms with van der Waals surface area (Å²) >= 11 is 0. The predicted octanol–water partition coefficient (Wildman–Crippen LogP) is 2.59. The fraction of sp³-hybridized carbons (Fsp3) is 0.400. The van der Waals surface area contributed by atoms with Crippen molar-refractivity contribution < 1.29 is 9.13 Å². The summed E-state index contributed by atoms with van der Waals surface area (Å²) < 4.78 is 19.9. The number of aromatic amines is 1. The molecule has 0 amide bonds. The van der Waals surface area contributed by atoms with Crippen molar-refractivity contribution in [3.8, 4) is 16.9 Å². The molecule has 0 atom stereocenters. The number of ether oxygens (including phenoxy) is 1. The second kappa shape index (κ2) is 7.08. The van der Waals surface area contributed by atoms with Crippen LogP contribution < -0.4 is 10.1 Å². The highest BCUT2D eigenvalue weighted by atomic mass is 19.1. The number of nitrogens with zero attached hydrogens (tertiary/aromatic N) is 2. The quantitative estimate of drug-likeness (QED) is 0.770. The summed E-state index contributed by atoms with van der Waals surface area (Å²) in [6.07, 6.45) is 4.16. The van der Waals surface area contributed by atoms with E-state index in [2.05, 4.69) is 20.4 Å². The molecule has 0 aliphatic heterocycles. The van der Waals surface area contributed by atoms with Gasteiger partial charge in [0.1, 0.15) is 11.6 Å². The molecule has 0 aliphatic carbocycles. The molecule has 5 nitrogen and oxygen atoms in total. The lowest BCUT2D eigenvalue weighted by Crippen LogP contribution is -2.15. The van der Waals surface area contributed by atoms with Gasteiger partial charge in [-0.05, 0) is 26.6 Å². The molecule has 0 saturated carbocycles. The minimum atomic E-state index is -0.304. The Labute approximate surface area is 124 Å². The van der Waals surface area contributed by atoms with E-state index in [1.54, 1.807) is 25.5 Å². The molecule has 1 heterocycles. The van der Waals surface area contributed by atoms with E-state index in [0.29, 0.717) is 29.2 Å². The Morgan fingerprint density at radius 2 is 2.19 bits per heavy atom. The number of anilines is 1. The van der Waals surface area contributed by atoms with Crippen LogP contribution in [0.3, 0.4) is 0 Å². The predicted molar refractivity (Wildman–Crippen MR) is 82.2 cm³/mol. The lowest BCUT2D eigenvalue weighted by molar-refractivity contribution is 0.282. The zero-order chi connectivity index (χ0) is 15.2. The Kier molecular flexibility index (Phi) is 5.16. The average molecular weight is 292 g/mol. The number of halogens is 1. The van der Waals surface area contributed by atoms with Gasteiger partial charge in [-0.15, -0.1) is 0 Å². The van der Waals surface area contributed by atoms with Gasteiger partial charge in [0.15, 0.2) is 0 Å². The molecule has 2 rings (SSSR count). The first-order valence-electron chi connectivity index (χ1n) is 6.89. The van der Waals surface area contributed by atoms with E-state index in [4.69, 9.17) is 4.74 Å². The molecule has 2 N–H and O–H groups in total. The summed E-state index contributed by atoms with van der Waals surface area (Å²) in [6.45, 7) is 1.54. The Morgan fingerprint density at radius 3 is 2.81 bits per heavy atom. The summed E-state index contributed by atoms with van der Waals surface area (Å²) in [7, 11) is 5.79. The summed E-state index contributed by atoms with van der Waals surface area (Å²) in [5, 5.41) is 9.50. The maximum absolute atomic E-state index is 14.1. The molecule has 0 aliphatic rings. The number of hydrogen-bond donors (Lipinski definition) is 2. The SMILES string of the molecule is CNc1cc(F)c(-c2cn[nH]c2)cc1OCCCN(C)C. The Balaban J connectivity index is 2.17. The lowest BCUT2D eigenvalue weighted by atomic mass is 10.1. The van der Waals surface area contributed by atoms with Gasteiger partial charge in [0.05, 0.1) is 18.5 Å². The number of nitrogens with one attached hydrogen (secondary N) is 2. The zero-order valence-electron chi connectivity index (χ0n) is 12.6. The molecule has 0 radical (unpaired) electrons. The number of hydrogen-bond acceptors (Lipinski definition) is 4. The van der Waals surface area contributed by atoms with E-state index >= 15 is 0 Å². The topological polar surface area (TPSA) is 53.2 Å². The number of H-pyrrole nitrogens is 1. The van der Waals surface area contributed by atoms with E-state index < -0.39 is 0 Å². The second-order valence-corrected chi connectivity index (χ2v) is 5.07. The Morgan fingerprint density at radius 1 is 1.38 bits per heavy atom. The maximum Gasteiger partial charge on any atom is 0.143 e. The van der Waals surface area contributed by atoms with Gasteiger partial charge in [0, 0.05) is 37.0 Å². The van der Waals surface area contributed by atoms with E-state index in [1.165, 1.54) is 6.07 Å². The van der Waals surface area contributed by atoms with Crippen LogP contribution in [-0.2, 0) is 0 Å². The van der Waals surface area contributed by atoms with Gasteiger partial charge in [-0.1, -0.05) is 0 Å². The van der Waals surface area contributed by atoms with Crippen molar-refractivity contribution >= 4 is 5.69 Å². The molecule has 21 heavy (non-hydrogen) atoms. The van der Waals surface area contributed by atoms with Crippen LogP contribution in [0.1, 0.15) is 6.42 Å². The molecule has 0 bridgehead atoms. The second-order valence-electron chi connectivity index (χ2n) is 5.07. The molecule has 0 saturated heterocycles. The average Bonchev–Trinajstić information content (AvgIpc) is 2.98. The maximum atomic E-state index is 14.1. The van der Waals surface area contributed by atoms with Gasteiger partial charge < -0.3 is 15.0 Å². The molecule has 1 aromatic heterocycles. The van der Waals surface area contributed by atoms with Gasteiger partial charge in [-0.2, -0.15) is 5.10 Å². The molecule has 1 aromatic carbocycles. The van der Waals surface area contributed by atoms with Crippen LogP contribution >= 0.6 is 0 Å². The molecule has 0 unspecified atom stereocenters. The van der Waals surface area contributed by atoms with Crippen molar-refractivity contribution in [3.63, 3.8) is 0 Å². The third kappa shape index (κ3) is 3.95. The molecule has 2 aromatic rings. The Hall–Kier alpha value is -2.08. The molecule has 0 spiro atoms. The van der Waals surface area contributed by atoms with Crippen molar-refractivity contribution in [2.45, 2.75) is 6.42 Å². The van der Waals surface area contributed by atoms with Crippen molar-refractivity contribution in [2.75, 3.05) is 39.6 Å². The summed E-state index contributed by atoms with van der Waals surface area (Å²) in [5.74, 6) is 0.343. The van der Waals surface area contributed by atoms with Crippen molar-refractivity contribution in [1.82, 2.24) is 15.1 Å². The van der Waals surface area contributed by atoms with Crippen LogP contribution in [0.15, 0.2) is 24.5 Å². The van der Waals surface area contributed by atoms with E-state index in [9.17, 15) is 4.39 Å². The van der Waals surface area contributed by atoms with Crippen LogP contribution in [0.2, 0.25) is 0 Å². The highest BCUT2D eigenvalue weighted by Gasteiger charge is 2.12. The van der Waals surface area contributed by atoms with Crippen LogP contribution in [0.25, 0.3) is 11.1 Å². The van der Waals surface area contributed by atoms with Crippen molar-refractivity contribution in [3.05, 3.63) is 30.3 Å². The number of aromatic nitrogens is 2. The monoisotopic (exact) mass is 292 g/mol. The third-order valence-electron chi connectivity index (χ3n) is 3.16. The molecule has 0 fully saturated rings. The minimum Gasteiger partial charge on any atom is -0.491 e. The zero-order valence-corrected chi connectivity index (χ0v) is 12.6. The van der Waals surface area contributed by atoms with E-state index in [1.807, 2.05) is 14.1 Å². The van der Waals surface area contributed by atoms with E-state index in [-0.39, 0.29) is 5.82 Å². The van der Waals surface area contributed by atoms with Crippen molar-refractivity contribution in [1.29, 1.82) is 0 Å². The van der Waals surface area contributed by atoms with Crippen LogP contribution in [0, 0.1) is 5.82 Å². The number of benzene rings is 1. The Bertz CT molecular complexity index is 569. The fourth-order valence-corrected chi connectivity index (χ4v) is 2.05. The van der Waals surface area contributed by atoms with Gasteiger partial charge >= 0.3 is 0 Å². The summed E-state index contributed by atoms with van der Waals surface area (Å²) in [4.78, 5) is 2.10. The van der Waals surface area contributed by atoms with Gasteiger partial charge in [-0.3, -0.25) is 5.10 Å². The summed E-state index contributed by atoms with van der Waals surface area (Å²) in [6, 6.07) is 3.16. The fourth-order valence-electron chi connectivity index (χ4n) is 2.05. The van der Waals surface area contributed by atoms with Crippen LogP contribution in [0.5, 0.6) is 5.75 Å². The highest BCUT2D eigenvalue weighted by Crippen LogP contribution is 2.33. The van der Waals surface area contributed by atoms with E-state index in [0.717, 1.165) is 13.0 Å². The molecular weight excluding hydrogens is 271 g/mol. The summed E-state index contributed by atoms with van der Waals surface area (Å²) in [5.41, 5.74) is 1.82. The van der Waals surface area contributed by atoms with Crippen molar-refractivity contribution in [2.24, 2.45) is 0 Å². The normalized spacial score (nSPS) is 10.9. The third-order valence-corrected chi connectivity index (χ3v) is 3.16.